The molecule has 1 aliphatic rings. The topological polar surface area (TPSA) is 20.2 Å². The molecular formula is C12H20O. The smallest absolute Gasteiger partial charge is 0.0902 e. The summed E-state index contributed by atoms with van der Waals surface area (Å²) in [6.45, 7) is 0. The molecule has 1 nitrogen and oxygen atoms in total. The molecule has 74 valence electrons. The molecule has 0 aliphatic heterocycles. The van der Waals surface area contributed by atoms with Crippen molar-refractivity contribution in [2.75, 3.05) is 0 Å². The van der Waals surface area contributed by atoms with Crippen LogP contribution in [0.15, 0.2) is 24.3 Å². The van der Waals surface area contributed by atoms with Gasteiger partial charge in [-0.15, -0.1) is 0 Å². The summed E-state index contributed by atoms with van der Waals surface area (Å²) in [5, 5.41) is 9.42. The van der Waals surface area contributed by atoms with Crippen molar-refractivity contribution in [2.24, 2.45) is 0 Å². The van der Waals surface area contributed by atoms with E-state index in [4.69, 9.17) is 0 Å². The first-order chi connectivity index (χ1) is 6.39. The van der Waals surface area contributed by atoms with Gasteiger partial charge >= 0.3 is 0 Å². The van der Waals surface area contributed by atoms with Gasteiger partial charge in [0.25, 0.3) is 0 Å². The highest BCUT2D eigenvalue weighted by molar-refractivity contribution is 5.01. The van der Waals surface area contributed by atoms with Crippen molar-refractivity contribution in [1.82, 2.24) is 0 Å². The van der Waals surface area contributed by atoms with Gasteiger partial charge in [0.2, 0.25) is 0 Å². The summed E-state index contributed by atoms with van der Waals surface area (Å²) in [4.78, 5) is 0. The van der Waals surface area contributed by atoms with Crippen LogP contribution < -0.4 is 0 Å². The Morgan fingerprint density at radius 2 is 1.23 bits per heavy atom. The van der Waals surface area contributed by atoms with Gasteiger partial charge in [-0.3, -0.25) is 0 Å². The van der Waals surface area contributed by atoms with Gasteiger partial charge in [-0.1, -0.05) is 43.6 Å². The van der Waals surface area contributed by atoms with Crippen molar-refractivity contribution in [2.45, 2.75) is 51.0 Å². The molecule has 1 atom stereocenters. The average molecular weight is 180 g/mol. The lowest BCUT2D eigenvalue weighted by Crippen LogP contribution is -1.96. The number of allylic oxidation sites excluding steroid dienone is 2. The first kappa shape index (κ1) is 10.5. The molecule has 0 radical (unpaired) electrons. The highest BCUT2D eigenvalue weighted by atomic mass is 16.3. The molecule has 0 aromatic carbocycles. The molecule has 1 rings (SSSR count). The van der Waals surface area contributed by atoms with E-state index >= 15 is 0 Å². The Bertz CT molecular complexity index is 152. The molecule has 0 heterocycles. The Balaban J connectivity index is 2.33. The molecular weight excluding hydrogens is 160 g/mol. The third-order valence-corrected chi connectivity index (χ3v) is 2.41. The van der Waals surface area contributed by atoms with Crippen LogP contribution in [0, 0.1) is 0 Å². The molecule has 0 bridgehead atoms. The number of rotatable bonds is 0. The minimum Gasteiger partial charge on any atom is -0.385 e. The molecule has 13 heavy (non-hydrogen) atoms. The van der Waals surface area contributed by atoms with Crippen LogP contribution in [0.25, 0.3) is 0 Å². The quantitative estimate of drug-likeness (QED) is 0.567. The second-order valence-electron chi connectivity index (χ2n) is 3.69. The molecule has 0 aromatic rings. The summed E-state index contributed by atoms with van der Waals surface area (Å²) in [5.41, 5.74) is 0. The standard InChI is InChI=1S/C12H20O/c13-12-10-8-6-4-2-1-3-5-7-9-11-12/h8-13H,1-7H2/b10-8-,11-9+. The largest absolute Gasteiger partial charge is 0.385 e. The summed E-state index contributed by atoms with van der Waals surface area (Å²) in [5.74, 6) is 0. The molecule has 0 amide bonds. The number of hydrogen-bond acceptors (Lipinski definition) is 1. The number of hydrogen-bond donors (Lipinski definition) is 1. The molecule has 0 saturated carbocycles. The van der Waals surface area contributed by atoms with Crippen LogP contribution in [0.4, 0.5) is 0 Å². The lowest BCUT2D eigenvalue weighted by atomic mass is 10.1. The van der Waals surface area contributed by atoms with E-state index < -0.39 is 0 Å². The van der Waals surface area contributed by atoms with Crippen LogP contribution in [-0.2, 0) is 0 Å². The Labute approximate surface area is 81.2 Å². The molecule has 0 aromatic heterocycles. The van der Waals surface area contributed by atoms with E-state index in [9.17, 15) is 5.11 Å². The van der Waals surface area contributed by atoms with Gasteiger partial charge in [-0.25, -0.2) is 0 Å². The third kappa shape index (κ3) is 5.64. The Morgan fingerprint density at radius 3 is 1.77 bits per heavy atom. The molecule has 0 saturated heterocycles. The zero-order valence-corrected chi connectivity index (χ0v) is 8.28. The molecule has 1 aliphatic carbocycles. The lowest BCUT2D eigenvalue weighted by molar-refractivity contribution is 0.270. The lowest BCUT2D eigenvalue weighted by Gasteiger charge is -2.02. The fraction of sp³-hybridized carbons (Fsp3) is 0.667. The van der Waals surface area contributed by atoms with Crippen LogP contribution in [0.3, 0.4) is 0 Å². The summed E-state index contributed by atoms with van der Waals surface area (Å²) in [6.07, 6.45) is 16.4. The van der Waals surface area contributed by atoms with Crippen LogP contribution in [0.2, 0.25) is 0 Å². The second-order valence-corrected chi connectivity index (χ2v) is 3.69. The van der Waals surface area contributed by atoms with Crippen LogP contribution in [0.1, 0.15) is 44.9 Å². The van der Waals surface area contributed by atoms with Gasteiger partial charge in [0.05, 0.1) is 6.10 Å². The third-order valence-electron chi connectivity index (χ3n) is 2.41. The molecule has 1 unspecified atom stereocenters. The van der Waals surface area contributed by atoms with Crippen LogP contribution in [0.5, 0.6) is 0 Å². The number of aliphatic hydroxyl groups is 1. The Morgan fingerprint density at radius 1 is 0.769 bits per heavy atom. The van der Waals surface area contributed by atoms with Crippen molar-refractivity contribution < 1.29 is 5.11 Å². The molecule has 1 heteroatoms. The van der Waals surface area contributed by atoms with E-state index in [0.29, 0.717) is 0 Å². The van der Waals surface area contributed by atoms with Crippen molar-refractivity contribution in [3.05, 3.63) is 24.3 Å². The first-order valence-corrected chi connectivity index (χ1v) is 5.41. The van der Waals surface area contributed by atoms with Crippen molar-refractivity contribution in [3.8, 4) is 0 Å². The van der Waals surface area contributed by atoms with Crippen molar-refractivity contribution >= 4 is 0 Å². The fourth-order valence-corrected chi connectivity index (χ4v) is 1.59. The van der Waals surface area contributed by atoms with E-state index in [1.54, 1.807) is 0 Å². The first-order valence-electron chi connectivity index (χ1n) is 5.41. The maximum absolute atomic E-state index is 9.42. The molecule has 0 spiro atoms. The minimum absolute atomic E-state index is 0.362. The van der Waals surface area contributed by atoms with Crippen molar-refractivity contribution in [3.63, 3.8) is 0 Å². The fourth-order valence-electron chi connectivity index (χ4n) is 1.59. The Hall–Kier alpha value is -0.560. The van der Waals surface area contributed by atoms with Crippen LogP contribution in [-0.4, -0.2) is 11.2 Å². The minimum atomic E-state index is -0.362. The van der Waals surface area contributed by atoms with Gasteiger partial charge in [0, 0.05) is 0 Å². The Kier molecular flexibility index (Phi) is 5.59. The summed E-state index contributed by atoms with van der Waals surface area (Å²) < 4.78 is 0. The summed E-state index contributed by atoms with van der Waals surface area (Å²) >= 11 is 0. The van der Waals surface area contributed by atoms with E-state index in [0.717, 1.165) is 12.8 Å². The predicted octanol–water partition coefficient (Wildman–Crippen LogP) is 3.20. The highest BCUT2D eigenvalue weighted by Gasteiger charge is 1.94. The normalized spacial score (nSPS) is 31.3. The van der Waals surface area contributed by atoms with Gasteiger partial charge < -0.3 is 5.11 Å². The number of aliphatic hydroxyl groups excluding tert-OH is 1. The van der Waals surface area contributed by atoms with Crippen LogP contribution >= 0.6 is 0 Å². The van der Waals surface area contributed by atoms with E-state index in [-0.39, 0.29) is 6.10 Å². The SMILES string of the molecule is OC1/C=C\CCCCCCC/C=C/1. The molecule has 0 fully saturated rings. The van der Waals surface area contributed by atoms with Crippen molar-refractivity contribution in [1.29, 1.82) is 0 Å². The van der Waals surface area contributed by atoms with E-state index in [1.807, 2.05) is 12.2 Å². The maximum atomic E-state index is 9.42. The summed E-state index contributed by atoms with van der Waals surface area (Å²) in [7, 11) is 0. The highest BCUT2D eigenvalue weighted by Crippen LogP contribution is 2.09. The van der Waals surface area contributed by atoms with Gasteiger partial charge in [-0.2, -0.15) is 0 Å². The van der Waals surface area contributed by atoms with E-state index in [1.165, 1.54) is 32.1 Å². The maximum Gasteiger partial charge on any atom is 0.0902 e. The van der Waals surface area contributed by atoms with Gasteiger partial charge in [-0.05, 0) is 25.7 Å². The summed E-state index contributed by atoms with van der Waals surface area (Å²) in [6, 6.07) is 0. The predicted molar refractivity (Wildman–Crippen MR) is 56.6 cm³/mol. The monoisotopic (exact) mass is 180 g/mol. The zero-order chi connectivity index (χ0) is 9.36. The van der Waals surface area contributed by atoms with E-state index in [2.05, 4.69) is 12.2 Å². The average Bonchev–Trinajstić information content (AvgIpc) is 2.11. The van der Waals surface area contributed by atoms with Gasteiger partial charge in [0.1, 0.15) is 0 Å². The van der Waals surface area contributed by atoms with Gasteiger partial charge in [0.15, 0.2) is 0 Å². The zero-order valence-electron chi connectivity index (χ0n) is 8.28. The second kappa shape index (κ2) is 6.90. The molecule has 1 N–H and O–H groups in total.